The summed E-state index contributed by atoms with van der Waals surface area (Å²) in [6.07, 6.45) is -2.39. The van der Waals surface area contributed by atoms with Gasteiger partial charge in [0, 0.05) is 17.5 Å². The Morgan fingerprint density at radius 2 is 2.05 bits per heavy atom. The summed E-state index contributed by atoms with van der Waals surface area (Å²) in [5.74, 6) is 0.0897. The van der Waals surface area contributed by atoms with Crippen LogP contribution < -0.4 is 0 Å². The van der Waals surface area contributed by atoms with Crippen LogP contribution in [0.15, 0.2) is 18.5 Å². The molecule has 0 aliphatic carbocycles. The van der Waals surface area contributed by atoms with Crippen LogP contribution in [0.1, 0.15) is 16.8 Å². The first kappa shape index (κ1) is 13.8. The Kier molecular flexibility index (Phi) is 3.51. The van der Waals surface area contributed by atoms with Gasteiger partial charge >= 0.3 is 6.18 Å². The second-order valence-corrected chi connectivity index (χ2v) is 4.26. The summed E-state index contributed by atoms with van der Waals surface area (Å²) in [5, 5.41) is 12.8. The minimum absolute atomic E-state index is 0.0897. The average Bonchev–Trinajstić information content (AvgIpc) is 2.69. The number of aliphatic hydroxyl groups is 1. The SMILES string of the molecule is Cc1c(CO)cnn1-c1ncc(C(F)(F)F)cc1Cl. The van der Waals surface area contributed by atoms with Gasteiger partial charge in [-0.1, -0.05) is 11.6 Å². The normalized spacial score (nSPS) is 11.9. The van der Waals surface area contributed by atoms with E-state index in [1.54, 1.807) is 6.92 Å². The molecule has 0 amide bonds. The molecule has 102 valence electrons. The van der Waals surface area contributed by atoms with Crippen LogP contribution in [0.25, 0.3) is 5.82 Å². The molecule has 2 rings (SSSR count). The number of aliphatic hydroxyl groups excluding tert-OH is 1. The lowest BCUT2D eigenvalue weighted by Gasteiger charge is -2.10. The van der Waals surface area contributed by atoms with E-state index in [1.807, 2.05) is 0 Å². The molecule has 0 saturated carbocycles. The van der Waals surface area contributed by atoms with E-state index in [9.17, 15) is 13.2 Å². The summed E-state index contributed by atoms with van der Waals surface area (Å²) in [6, 6.07) is 0.795. The summed E-state index contributed by atoms with van der Waals surface area (Å²) < 4.78 is 38.7. The fourth-order valence-electron chi connectivity index (χ4n) is 1.55. The van der Waals surface area contributed by atoms with Crippen molar-refractivity contribution in [3.8, 4) is 5.82 Å². The summed E-state index contributed by atoms with van der Waals surface area (Å²) in [4.78, 5) is 3.69. The lowest BCUT2D eigenvalue weighted by atomic mass is 10.2. The first-order valence-electron chi connectivity index (χ1n) is 5.22. The van der Waals surface area contributed by atoms with E-state index in [0.717, 1.165) is 6.07 Å². The summed E-state index contributed by atoms with van der Waals surface area (Å²) in [6.45, 7) is 1.44. The zero-order chi connectivity index (χ0) is 14.2. The van der Waals surface area contributed by atoms with E-state index in [2.05, 4.69) is 10.1 Å². The van der Waals surface area contributed by atoms with Crippen molar-refractivity contribution in [1.82, 2.24) is 14.8 Å². The number of aromatic nitrogens is 3. The molecule has 0 atom stereocenters. The smallest absolute Gasteiger partial charge is 0.392 e. The van der Waals surface area contributed by atoms with Gasteiger partial charge < -0.3 is 5.11 Å². The van der Waals surface area contributed by atoms with Crippen molar-refractivity contribution in [2.24, 2.45) is 0 Å². The van der Waals surface area contributed by atoms with Gasteiger partial charge in [-0.3, -0.25) is 0 Å². The van der Waals surface area contributed by atoms with Gasteiger partial charge in [-0.2, -0.15) is 18.3 Å². The largest absolute Gasteiger partial charge is 0.417 e. The van der Waals surface area contributed by atoms with Crippen LogP contribution in [0.3, 0.4) is 0 Å². The molecule has 0 aromatic carbocycles. The average molecular weight is 292 g/mol. The fourth-order valence-corrected chi connectivity index (χ4v) is 1.80. The van der Waals surface area contributed by atoms with Crippen LogP contribution in [-0.2, 0) is 12.8 Å². The lowest BCUT2D eigenvalue weighted by molar-refractivity contribution is -0.137. The molecule has 0 unspecified atom stereocenters. The van der Waals surface area contributed by atoms with E-state index in [0.29, 0.717) is 17.5 Å². The molecule has 0 saturated heterocycles. The molecule has 0 aliphatic rings. The number of nitrogens with zero attached hydrogens (tertiary/aromatic N) is 3. The molecule has 0 aliphatic heterocycles. The van der Waals surface area contributed by atoms with Crippen molar-refractivity contribution < 1.29 is 18.3 Å². The second-order valence-electron chi connectivity index (χ2n) is 3.85. The minimum Gasteiger partial charge on any atom is -0.392 e. The maximum Gasteiger partial charge on any atom is 0.417 e. The van der Waals surface area contributed by atoms with Crippen molar-refractivity contribution in [1.29, 1.82) is 0 Å². The molecule has 0 radical (unpaired) electrons. The van der Waals surface area contributed by atoms with Gasteiger partial charge in [0.25, 0.3) is 0 Å². The Morgan fingerprint density at radius 3 is 2.53 bits per heavy atom. The molecule has 0 bridgehead atoms. The molecular formula is C11H9ClF3N3O. The Labute approximate surface area is 111 Å². The Balaban J connectivity index is 2.49. The van der Waals surface area contributed by atoms with Crippen LogP contribution in [0.4, 0.5) is 13.2 Å². The number of rotatable bonds is 2. The number of hydrogen-bond acceptors (Lipinski definition) is 3. The van der Waals surface area contributed by atoms with Gasteiger partial charge in [0.15, 0.2) is 5.82 Å². The molecule has 2 aromatic rings. The van der Waals surface area contributed by atoms with E-state index in [4.69, 9.17) is 16.7 Å². The van der Waals surface area contributed by atoms with Crippen LogP contribution >= 0.6 is 11.6 Å². The topological polar surface area (TPSA) is 50.9 Å². The fraction of sp³-hybridized carbons (Fsp3) is 0.273. The Hall–Kier alpha value is -1.60. The predicted molar refractivity (Wildman–Crippen MR) is 62.0 cm³/mol. The van der Waals surface area contributed by atoms with Crippen molar-refractivity contribution >= 4 is 11.6 Å². The van der Waals surface area contributed by atoms with Crippen LogP contribution in [0.5, 0.6) is 0 Å². The maximum atomic E-state index is 12.5. The summed E-state index contributed by atoms with van der Waals surface area (Å²) in [5.41, 5.74) is 0.197. The zero-order valence-electron chi connectivity index (χ0n) is 9.74. The maximum absolute atomic E-state index is 12.5. The third-order valence-corrected chi connectivity index (χ3v) is 2.91. The van der Waals surface area contributed by atoms with E-state index in [1.165, 1.54) is 10.9 Å². The molecule has 2 heterocycles. The van der Waals surface area contributed by atoms with Gasteiger partial charge in [-0.15, -0.1) is 0 Å². The molecule has 19 heavy (non-hydrogen) atoms. The monoisotopic (exact) mass is 291 g/mol. The number of alkyl halides is 3. The molecular weight excluding hydrogens is 283 g/mol. The molecule has 4 nitrogen and oxygen atoms in total. The van der Waals surface area contributed by atoms with Crippen LogP contribution in [0.2, 0.25) is 5.02 Å². The van der Waals surface area contributed by atoms with Crippen molar-refractivity contribution in [2.45, 2.75) is 19.7 Å². The number of hydrogen-bond donors (Lipinski definition) is 1. The first-order chi connectivity index (χ1) is 8.84. The first-order valence-corrected chi connectivity index (χ1v) is 5.60. The van der Waals surface area contributed by atoms with E-state index in [-0.39, 0.29) is 17.4 Å². The quantitative estimate of drug-likeness (QED) is 0.925. The van der Waals surface area contributed by atoms with Gasteiger partial charge in [0.2, 0.25) is 0 Å². The van der Waals surface area contributed by atoms with Gasteiger partial charge in [-0.25, -0.2) is 9.67 Å². The second kappa shape index (κ2) is 4.82. The minimum atomic E-state index is -4.50. The lowest BCUT2D eigenvalue weighted by Crippen LogP contribution is -2.09. The molecule has 2 aromatic heterocycles. The molecule has 0 spiro atoms. The molecule has 8 heteroatoms. The predicted octanol–water partition coefficient (Wildman–Crippen LogP) is 2.74. The highest BCUT2D eigenvalue weighted by Gasteiger charge is 2.31. The summed E-state index contributed by atoms with van der Waals surface area (Å²) in [7, 11) is 0. The highest BCUT2D eigenvalue weighted by molar-refractivity contribution is 6.32. The Bertz CT molecular complexity index is 610. The number of pyridine rings is 1. The highest BCUT2D eigenvalue weighted by Crippen LogP contribution is 2.32. The van der Waals surface area contributed by atoms with Gasteiger partial charge in [-0.05, 0) is 13.0 Å². The standard InChI is InChI=1S/C11H9ClF3N3O/c1-6-7(5-19)3-17-18(6)10-9(12)2-8(4-16-10)11(13,14)15/h2-4,19H,5H2,1H3. The molecule has 0 fully saturated rings. The van der Waals surface area contributed by atoms with Crippen LogP contribution in [0, 0.1) is 6.92 Å². The van der Waals surface area contributed by atoms with Crippen molar-refractivity contribution in [2.75, 3.05) is 0 Å². The van der Waals surface area contributed by atoms with Crippen molar-refractivity contribution in [3.05, 3.63) is 40.3 Å². The van der Waals surface area contributed by atoms with Gasteiger partial charge in [0.1, 0.15) is 0 Å². The van der Waals surface area contributed by atoms with Crippen molar-refractivity contribution in [3.63, 3.8) is 0 Å². The zero-order valence-corrected chi connectivity index (χ0v) is 10.5. The number of halogens is 4. The summed E-state index contributed by atoms with van der Waals surface area (Å²) >= 11 is 5.81. The molecule has 1 N–H and O–H groups in total. The van der Waals surface area contributed by atoms with E-state index < -0.39 is 11.7 Å². The van der Waals surface area contributed by atoms with Crippen LogP contribution in [-0.4, -0.2) is 19.9 Å². The van der Waals surface area contributed by atoms with E-state index >= 15 is 0 Å². The van der Waals surface area contributed by atoms with Gasteiger partial charge in [0.05, 0.1) is 23.4 Å². The Morgan fingerprint density at radius 1 is 1.37 bits per heavy atom. The highest BCUT2D eigenvalue weighted by atomic mass is 35.5. The third kappa shape index (κ3) is 2.57. The third-order valence-electron chi connectivity index (χ3n) is 2.63.